The second-order valence-electron chi connectivity index (χ2n) is 5.13. The van der Waals surface area contributed by atoms with Crippen molar-refractivity contribution >= 4 is 11.5 Å². The first-order chi connectivity index (χ1) is 8.63. The smallest absolute Gasteiger partial charge is 0.150 e. The highest BCUT2D eigenvalue weighted by Gasteiger charge is 2.17. The highest BCUT2D eigenvalue weighted by molar-refractivity contribution is 5.66. The number of rotatable bonds is 5. The van der Waals surface area contributed by atoms with Crippen LogP contribution < -0.4 is 10.6 Å². The molecule has 0 radical (unpaired) electrons. The van der Waals surface area contributed by atoms with Gasteiger partial charge < -0.3 is 15.5 Å². The average Bonchev–Trinajstić information content (AvgIpc) is 2.94. The maximum Gasteiger partial charge on any atom is 0.150 e. The maximum absolute atomic E-state index is 6.16. The van der Waals surface area contributed by atoms with Gasteiger partial charge in [0.15, 0.2) is 0 Å². The number of nitrogens with two attached hydrogens (primary N) is 1. The first-order valence-electron chi connectivity index (χ1n) is 6.88. The Kier molecular flexibility index (Phi) is 4.11. The minimum absolute atomic E-state index is 0.837. The van der Waals surface area contributed by atoms with Crippen LogP contribution in [0.1, 0.15) is 25.5 Å². The van der Waals surface area contributed by atoms with E-state index in [2.05, 4.69) is 28.9 Å². The molecule has 1 fully saturated rings. The quantitative estimate of drug-likeness (QED) is 0.851. The van der Waals surface area contributed by atoms with Crippen molar-refractivity contribution in [1.29, 1.82) is 0 Å². The summed E-state index contributed by atoms with van der Waals surface area (Å²) in [6, 6.07) is 0. The summed E-state index contributed by atoms with van der Waals surface area (Å²) in [7, 11) is 4.07. The van der Waals surface area contributed by atoms with Gasteiger partial charge in [-0.15, -0.1) is 0 Å². The highest BCUT2D eigenvalue weighted by atomic mass is 15.4. The van der Waals surface area contributed by atoms with E-state index in [-0.39, 0.29) is 0 Å². The zero-order valence-corrected chi connectivity index (χ0v) is 11.8. The van der Waals surface area contributed by atoms with E-state index in [1.165, 1.54) is 25.9 Å². The Morgan fingerprint density at radius 2 is 2.00 bits per heavy atom. The summed E-state index contributed by atoms with van der Waals surface area (Å²) in [4.78, 5) is 4.74. The molecule has 1 aromatic heterocycles. The van der Waals surface area contributed by atoms with E-state index in [9.17, 15) is 0 Å². The van der Waals surface area contributed by atoms with Crippen molar-refractivity contribution in [2.75, 3.05) is 43.9 Å². The summed E-state index contributed by atoms with van der Waals surface area (Å²) in [6.45, 7) is 6.70. The van der Waals surface area contributed by atoms with Crippen molar-refractivity contribution in [3.8, 4) is 0 Å². The summed E-state index contributed by atoms with van der Waals surface area (Å²) in [6.07, 6.45) is 3.58. The third-order valence-electron chi connectivity index (χ3n) is 3.78. The summed E-state index contributed by atoms with van der Waals surface area (Å²) >= 11 is 0. The van der Waals surface area contributed by atoms with Gasteiger partial charge in [-0.05, 0) is 32.4 Å². The Bertz CT molecular complexity index is 392. The van der Waals surface area contributed by atoms with E-state index in [1.807, 2.05) is 11.7 Å². The Morgan fingerprint density at radius 3 is 2.56 bits per heavy atom. The van der Waals surface area contributed by atoms with Gasteiger partial charge in [-0.25, -0.2) is 0 Å². The molecule has 2 rings (SSSR count). The molecule has 2 heterocycles. The van der Waals surface area contributed by atoms with Crippen molar-refractivity contribution in [2.45, 2.75) is 26.2 Å². The van der Waals surface area contributed by atoms with E-state index >= 15 is 0 Å². The average molecular weight is 251 g/mol. The van der Waals surface area contributed by atoms with Crippen LogP contribution >= 0.6 is 0 Å². The van der Waals surface area contributed by atoms with Gasteiger partial charge in [0.1, 0.15) is 5.82 Å². The van der Waals surface area contributed by atoms with Crippen LogP contribution in [0.2, 0.25) is 0 Å². The number of likely N-dealkylation sites (N-methyl/N-ethyl adjacent to an activating group) is 1. The Balaban J connectivity index is 1.99. The third kappa shape index (κ3) is 2.61. The van der Waals surface area contributed by atoms with Crippen LogP contribution in [0.15, 0.2) is 0 Å². The number of anilines is 2. The summed E-state index contributed by atoms with van der Waals surface area (Å²) in [5.74, 6) is 1.05. The maximum atomic E-state index is 6.16. The summed E-state index contributed by atoms with van der Waals surface area (Å²) in [5.41, 5.74) is 8.00. The lowest BCUT2D eigenvalue weighted by molar-refractivity contribution is 0.346. The molecule has 0 unspecified atom stereocenters. The van der Waals surface area contributed by atoms with Gasteiger partial charge in [0, 0.05) is 27.2 Å². The zero-order chi connectivity index (χ0) is 13.1. The molecule has 1 saturated heterocycles. The molecule has 1 aliphatic rings. The molecule has 1 aromatic rings. The summed E-state index contributed by atoms with van der Waals surface area (Å²) < 4.78 is 1.90. The number of hydrogen-bond donors (Lipinski definition) is 1. The Morgan fingerprint density at radius 1 is 1.33 bits per heavy atom. The predicted octanol–water partition coefficient (Wildman–Crippen LogP) is 1.10. The van der Waals surface area contributed by atoms with Gasteiger partial charge >= 0.3 is 0 Å². The number of likely N-dealkylation sites (tertiary alicyclic amines) is 1. The number of nitrogens with zero attached hydrogens (tertiary/aromatic N) is 4. The lowest BCUT2D eigenvalue weighted by Gasteiger charge is -2.23. The molecule has 0 aromatic carbocycles. The SMILES string of the molecule is CCc1nn(C)c(N(C)CCN2CCCC2)c1N. The van der Waals surface area contributed by atoms with E-state index in [0.29, 0.717) is 0 Å². The molecular weight excluding hydrogens is 226 g/mol. The van der Waals surface area contributed by atoms with E-state index in [0.717, 1.165) is 36.7 Å². The molecule has 0 saturated carbocycles. The van der Waals surface area contributed by atoms with E-state index in [1.54, 1.807) is 0 Å². The molecule has 0 amide bonds. The fourth-order valence-electron chi connectivity index (χ4n) is 2.70. The molecule has 102 valence electrons. The van der Waals surface area contributed by atoms with Crippen LogP contribution in [0, 0.1) is 0 Å². The Labute approximate surface area is 110 Å². The topological polar surface area (TPSA) is 50.3 Å². The first-order valence-corrected chi connectivity index (χ1v) is 6.88. The van der Waals surface area contributed by atoms with Gasteiger partial charge in [-0.3, -0.25) is 4.68 Å². The van der Waals surface area contributed by atoms with Crippen LogP contribution in [-0.4, -0.2) is 47.9 Å². The van der Waals surface area contributed by atoms with Crippen LogP contribution in [0.3, 0.4) is 0 Å². The standard InChI is InChI=1S/C13H25N5/c1-4-11-12(14)13(17(3)15-11)16(2)9-10-18-7-5-6-8-18/h4-10,14H2,1-3H3. The second kappa shape index (κ2) is 5.61. The predicted molar refractivity (Wildman–Crippen MR) is 75.9 cm³/mol. The molecule has 0 aliphatic carbocycles. The Hall–Kier alpha value is -1.23. The largest absolute Gasteiger partial charge is 0.394 e. The number of aryl methyl sites for hydroxylation is 2. The third-order valence-corrected chi connectivity index (χ3v) is 3.78. The fraction of sp³-hybridized carbons (Fsp3) is 0.769. The van der Waals surface area contributed by atoms with Crippen molar-refractivity contribution in [3.63, 3.8) is 0 Å². The van der Waals surface area contributed by atoms with Crippen molar-refractivity contribution in [2.24, 2.45) is 7.05 Å². The van der Waals surface area contributed by atoms with Gasteiger partial charge in [-0.2, -0.15) is 5.10 Å². The van der Waals surface area contributed by atoms with Gasteiger partial charge in [0.2, 0.25) is 0 Å². The van der Waals surface area contributed by atoms with Crippen molar-refractivity contribution in [1.82, 2.24) is 14.7 Å². The van der Waals surface area contributed by atoms with Crippen LogP contribution in [-0.2, 0) is 13.5 Å². The molecule has 5 nitrogen and oxygen atoms in total. The molecule has 0 spiro atoms. The summed E-state index contributed by atoms with van der Waals surface area (Å²) in [5, 5.41) is 4.47. The lowest BCUT2D eigenvalue weighted by atomic mass is 10.3. The van der Waals surface area contributed by atoms with E-state index < -0.39 is 0 Å². The molecule has 0 atom stereocenters. The molecular formula is C13H25N5. The van der Waals surface area contributed by atoms with Crippen molar-refractivity contribution in [3.05, 3.63) is 5.69 Å². The number of hydrogen-bond acceptors (Lipinski definition) is 4. The first kappa shape index (κ1) is 13.2. The molecule has 1 aliphatic heterocycles. The minimum Gasteiger partial charge on any atom is -0.394 e. The van der Waals surface area contributed by atoms with Crippen LogP contribution in [0.5, 0.6) is 0 Å². The lowest BCUT2D eigenvalue weighted by Crippen LogP contribution is -2.32. The van der Waals surface area contributed by atoms with Crippen LogP contribution in [0.4, 0.5) is 11.5 Å². The fourth-order valence-corrected chi connectivity index (χ4v) is 2.70. The number of aromatic nitrogens is 2. The van der Waals surface area contributed by atoms with Gasteiger partial charge in [0.05, 0.1) is 11.4 Å². The second-order valence-corrected chi connectivity index (χ2v) is 5.13. The normalized spacial score (nSPS) is 16.4. The van der Waals surface area contributed by atoms with Gasteiger partial charge in [-0.1, -0.05) is 6.92 Å². The minimum atomic E-state index is 0.837. The molecule has 5 heteroatoms. The molecule has 2 N–H and O–H groups in total. The highest BCUT2D eigenvalue weighted by Crippen LogP contribution is 2.25. The van der Waals surface area contributed by atoms with Crippen LogP contribution in [0.25, 0.3) is 0 Å². The number of nitrogen functional groups attached to an aromatic ring is 1. The molecule has 18 heavy (non-hydrogen) atoms. The van der Waals surface area contributed by atoms with E-state index in [4.69, 9.17) is 5.73 Å². The van der Waals surface area contributed by atoms with Gasteiger partial charge in [0.25, 0.3) is 0 Å². The molecule has 0 bridgehead atoms. The monoisotopic (exact) mass is 251 g/mol. The van der Waals surface area contributed by atoms with Crippen molar-refractivity contribution < 1.29 is 0 Å². The zero-order valence-electron chi connectivity index (χ0n) is 11.8.